The van der Waals surface area contributed by atoms with E-state index in [0.29, 0.717) is 47.5 Å². The molecule has 1 aromatic heterocycles. The highest BCUT2D eigenvalue weighted by Gasteiger charge is 2.18. The van der Waals surface area contributed by atoms with E-state index in [9.17, 15) is 4.79 Å². The van der Waals surface area contributed by atoms with E-state index in [4.69, 9.17) is 14.2 Å². The summed E-state index contributed by atoms with van der Waals surface area (Å²) in [6.45, 7) is 8.67. The number of nitrogens with zero attached hydrogens (tertiary/aromatic N) is 5. The number of nitrogens with one attached hydrogen (secondary N) is 2. The highest BCUT2D eigenvalue weighted by molar-refractivity contribution is 6.13. The molecule has 3 aromatic rings. The first-order valence-corrected chi connectivity index (χ1v) is 11.7. The van der Waals surface area contributed by atoms with Crippen LogP contribution in [0.2, 0.25) is 0 Å². The lowest BCUT2D eigenvalue weighted by molar-refractivity contribution is -0.116. The largest absolute Gasteiger partial charge is 0.496 e. The van der Waals surface area contributed by atoms with Gasteiger partial charge in [-0.1, -0.05) is 19.1 Å². The number of benzene rings is 2. The predicted octanol–water partition coefficient (Wildman–Crippen LogP) is 3.89. The minimum atomic E-state index is -0.198. The lowest BCUT2D eigenvalue weighted by Gasteiger charge is -2.17. The van der Waals surface area contributed by atoms with E-state index in [2.05, 4.69) is 37.6 Å². The molecule has 0 aliphatic rings. The summed E-state index contributed by atoms with van der Waals surface area (Å²) >= 11 is 0. The molecule has 0 saturated heterocycles. The third-order valence-corrected chi connectivity index (χ3v) is 5.35. The Morgan fingerprint density at radius 1 is 1.11 bits per heavy atom. The van der Waals surface area contributed by atoms with Crippen molar-refractivity contribution in [2.75, 3.05) is 45.1 Å². The fraction of sp³-hybridized carbons (Fsp3) is 0.346. The van der Waals surface area contributed by atoms with Gasteiger partial charge in [-0.2, -0.15) is 0 Å². The van der Waals surface area contributed by atoms with Gasteiger partial charge in [0.15, 0.2) is 0 Å². The first-order chi connectivity index (χ1) is 17.9. The van der Waals surface area contributed by atoms with Gasteiger partial charge in [-0.15, -0.1) is 5.10 Å². The van der Waals surface area contributed by atoms with Crippen molar-refractivity contribution in [3.8, 4) is 11.5 Å². The number of ether oxygens (including phenoxy) is 3. The van der Waals surface area contributed by atoms with E-state index < -0.39 is 0 Å². The van der Waals surface area contributed by atoms with Gasteiger partial charge in [0.25, 0.3) is 0 Å². The molecule has 0 radical (unpaired) electrons. The second-order valence-electron chi connectivity index (χ2n) is 8.34. The molecule has 0 bridgehead atoms. The number of methoxy groups -OCH3 is 2. The number of anilines is 2. The summed E-state index contributed by atoms with van der Waals surface area (Å²) in [6.07, 6.45) is 1.78. The van der Waals surface area contributed by atoms with Gasteiger partial charge in [0.05, 0.1) is 30.7 Å². The van der Waals surface area contributed by atoms with Crippen molar-refractivity contribution in [3.05, 3.63) is 53.9 Å². The maximum Gasteiger partial charge on any atom is 0.246 e. The number of amidine groups is 1. The van der Waals surface area contributed by atoms with E-state index in [1.54, 1.807) is 51.7 Å². The Hall–Kier alpha value is -4.25. The number of carbonyl (C=O) groups is 1. The summed E-state index contributed by atoms with van der Waals surface area (Å²) in [5.41, 5.74) is 3.45. The standard InChI is InChI=1S/C26H33N7O4/c1-17(2)22-15-33(32-31-22)16-24(34)29-18-7-9-19(10-8-18)30-26(28-4)25-21(27-3)13-20(14-23(25)36-6)37-12-11-35-5/h7-10,13-15,17H,3,11-12,16H2,1-2,4-6H3,(H,28,30)(H,29,34). The number of amides is 1. The topological polar surface area (TPSA) is 124 Å². The van der Waals surface area contributed by atoms with Gasteiger partial charge in [-0.05, 0) is 36.9 Å². The van der Waals surface area contributed by atoms with Gasteiger partial charge in [0, 0.05) is 43.9 Å². The molecule has 0 atom stereocenters. The van der Waals surface area contributed by atoms with Gasteiger partial charge < -0.3 is 24.8 Å². The Labute approximate surface area is 216 Å². The Morgan fingerprint density at radius 3 is 2.38 bits per heavy atom. The zero-order valence-electron chi connectivity index (χ0n) is 21.8. The maximum atomic E-state index is 12.4. The van der Waals surface area contributed by atoms with Crippen LogP contribution in [0.5, 0.6) is 11.5 Å². The molecule has 0 saturated carbocycles. The van der Waals surface area contributed by atoms with Crippen LogP contribution in [0.3, 0.4) is 0 Å². The van der Waals surface area contributed by atoms with Gasteiger partial charge in [-0.3, -0.25) is 14.8 Å². The fourth-order valence-electron chi connectivity index (χ4n) is 3.43. The molecule has 0 spiro atoms. The van der Waals surface area contributed by atoms with Crippen LogP contribution in [-0.2, 0) is 16.1 Å². The number of aliphatic imine (C=N–C) groups is 2. The number of aromatic nitrogens is 3. The second kappa shape index (κ2) is 13.2. The molecule has 0 aliphatic heterocycles. The van der Waals surface area contributed by atoms with Crippen LogP contribution in [0, 0.1) is 0 Å². The molecule has 0 unspecified atom stereocenters. The second-order valence-corrected chi connectivity index (χ2v) is 8.34. The molecule has 3 rings (SSSR count). The molecule has 2 N–H and O–H groups in total. The highest BCUT2D eigenvalue weighted by Crippen LogP contribution is 2.35. The monoisotopic (exact) mass is 507 g/mol. The predicted molar refractivity (Wildman–Crippen MR) is 145 cm³/mol. The van der Waals surface area contributed by atoms with E-state index in [1.807, 2.05) is 26.0 Å². The van der Waals surface area contributed by atoms with Gasteiger partial charge in [0.2, 0.25) is 5.91 Å². The molecule has 1 amide bonds. The van der Waals surface area contributed by atoms with Crippen LogP contribution >= 0.6 is 0 Å². The molecule has 0 aliphatic carbocycles. The van der Waals surface area contributed by atoms with Crippen LogP contribution in [0.15, 0.2) is 52.6 Å². The van der Waals surface area contributed by atoms with Crippen molar-refractivity contribution < 1.29 is 19.0 Å². The number of carbonyl (C=O) groups excluding carboxylic acids is 1. The molecular weight excluding hydrogens is 474 g/mol. The number of hydrogen-bond acceptors (Lipinski definition) is 8. The smallest absolute Gasteiger partial charge is 0.246 e. The lowest BCUT2D eigenvalue weighted by atomic mass is 10.1. The summed E-state index contributed by atoms with van der Waals surface area (Å²) in [7, 11) is 4.85. The zero-order valence-corrected chi connectivity index (χ0v) is 21.8. The average molecular weight is 508 g/mol. The van der Waals surface area contributed by atoms with E-state index in [1.165, 1.54) is 4.68 Å². The Morgan fingerprint density at radius 2 is 1.81 bits per heavy atom. The van der Waals surface area contributed by atoms with Crippen LogP contribution in [0.25, 0.3) is 0 Å². The quantitative estimate of drug-likeness (QED) is 0.216. The summed E-state index contributed by atoms with van der Waals surface area (Å²) < 4.78 is 17.9. The van der Waals surface area contributed by atoms with Crippen molar-refractivity contribution in [1.29, 1.82) is 0 Å². The van der Waals surface area contributed by atoms with Gasteiger partial charge >= 0.3 is 0 Å². The third kappa shape index (κ3) is 7.37. The minimum Gasteiger partial charge on any atom is -0.496 e. The van der Waals surface area contributed by atoms with Crippen LogP contribution in [0.1, 0.15) is 31.0 Å². The zero-order chi connectivity index (χ0) is 26.8. The number of hydrogen-bond donors (Lipinski definition) is 2. The molecule has 0 fully saturated rings. The highest BCUT2D eigenvalue weighted by atomic mass is 16.5. The molecule has 196 valence electrons. The third-order valence-electron chi connectivity index (χ3n) is 5.35. The SMILES string of the molecule is C=Nc1cc(OCCOC)cc(OC)c1C(=NC)Nc1ccc(NC(=O)Cn2cc(C(C)C)nn2)cc1. The minimum absolute atomic E-state index is 0.0780. The Balaban J connectivity index is 1.70. The lowest BCUT2D eigenvalue weighted by Crippen LogP contribution is -2.19. The molecule has 11 nitrogen and oxygen atoms in total. The molecule has 2 aromatic carbocycles. The van der Waals surface area contributed by atoms with Crippen molar-refractivity contribution in [2.24, 2.45) is 9.98 Å². The summed E-state index contributed by atoms with van der Waals surface area (Å²) in [5.74, 6) is 1.70. The maximum absolute atomic E-state index is 12.4. The van der Waals surface area contributed by atoms with Crippen molar-refractivity contribution in [3.63, 3.8) is 0 Å². The summed E-state index contributed by atoms with van der Waals surface area (Å²) in [6, 6.07) is 10.8. The average Bonchev–Trinajstić information content (AvgIpc) is 3.36. The molecule has 1 heterocycles. The van der Waals surface area contributed by atoms with Crippen molar-refractivity contribution >= 4 is 35.5 Å². The van der Waals surface area contributed by atoms with Gasteiger partial charge in [-0.25, -0.2) is 4.68 Å². The normalized spacial score (nSPS) is 11.4. The summed E-state index contributed by atoms with van der Waals surface area (Å²) in [5, 5.41) is 14.2. The first-order valence-electron chi connectivity index (χ1n) is 11.7. The fourth-order valence-corrected chi connectivity index (χ4v) is 3.43. The van der Waals surface area contributed by atoms with Gasteiger partial charge in [0.1, 0.15) is 30.5 Å². The molecule has 11 heteroatoms. The van der Waals surface area contributed by atoms with Crippen LogP contribution in [-0.4, -0.2) is 67.9 Å². The van der Waals surface area contributed by atoms with Crippen molar-refractivity contribution in [2.45, 2.75) is 26.3 Å². The number of rotatable bonds is 12. The Bertz CT molecular complexity index is 1240. The van der Waals surface area contributed by atoms with Crippen molar-refractivity contribution in [1.82, 2.24) is 15.0 Å². The first kappa shape index (κ1) is 27.3. The molecular formula is C26H33N7O4. The van der Waals surface area contributed by atoms with Crippen LogP contribution in [0.4, 0.5) is 17.1 Å². The van der Waals surface area contributed by atoms with Crippen LogP contribution < -0.4 is 20.1 Å². The van der Waals surface area contributed by atoms with E-state index >= 15 is 0 Å². The summed E-state index contributed by atoms with van der Waals surface area (Å²) in [4.78, 5) is 21.0. The van der Waals surface area contributed by atoms with E-state index in [0.717, 1.165) is 11.4 Å². The van der Waals surface area contributed by atoms with E-state index in [-0.39, 0.29) is 18.4 Å². The molecule has 37 heavy (non-hydrogen) atoms. The Kier molecular flexibility index (Phi) is 9.73.